The van der Waals surface area contributed by atoms with Crippen molar-refractivity contribution in [3.63, 3.8) is 0 Å². The molecule has 4 unspecified atom stereocenters. The Bertz CT molecular complexity index is 541. The minimum absolute atomic E-state index is 0.208. The second-order valence-electron chi connectivity index (χ2n) is 6.00. The van der Waals surface area contributed by atoms with Crippen LogP contribution >= 0.6 is 0 Å². The van der Waals surface area contributed by atoms with E-state index in [1.54, 1.807) is 12.1 Å². The van der Waals surface area contributed by atoms with E-state index in [9.17, 15) is 10.1 Å². The highest BCUT2D eigenvalue weighted by Gasteiger charge is 2.38. The number of nitrogens with one attached hydrogen (secondary N) is 1. The molecule has 1 saturated carbocycles. The Morgan fingerprint density at radius 2 is 2.15 bits per heavy atom. The Hall–Kier alpha value is -1.68. The number of para-hydroxylation sites is 1. The number of hydrogen-bond acceptors (Lipinski definition) is 3. The van der Waals surface area contributed by atoms with Crippen molar-refractivity contribution < 1.29 is 4.92 Å². The molecule has 4 nitrogen and oxygen atoms in total. The maximum absolute atomic E-state index is 11.0. The number of rotatable bonds is 5. The van der Waals surface area contributed by atoms with Crippen LogP contribution in [0.2, 0.25) is 0 Å². The van der Waals surface area contributed by atoms with Gasteiger partial charge in [-0.05, 0) is 37.5 Å². The molecule has 1 aromatic carbocycles. The van der Waals surface area contributed by atoms with Gasteiger partial charge in [-0.2, -0.15) is 0 Å². The molecule has 4 atom stereocenters. The number of fused-ring (bicyclic) bond motifs is 2. The number of hydrogen-bond donors (Lipinski definition) is 1. The number of nitro groups is 1. The average Bonchev–Trinajstić information content (AvgIpc) is 3.07. The van der Waals surface area contributed by atoms with Gasteiger partial charge in [0.25, 0.3) is 5.69 Å². The first-order valence-electron chi connectivity index (χ1n) is 7.29. The Morgan fingerprint density at radius 3 is 2.80 bits per heavy atom. The fraction of sp³-hybridized carbons (Fsp3) is 0.500. The van der Waals surface area contributed by atoms with E-state index in [-0.39, 0.29) is 10.6 Å². The number of nitro benzene ring substituents is 1. The highest BCUT2D eigenvalue weighted by Crippen LogP contribution is 2.44. The Balaban J connectivity index is 1.62. The van der Waals surface area contributed by atoms with Crippen LogP contribution in [0.5, 0.6) is 0 Å². The Labute approximate surface area is 119 Å². The summed E-state index contributed by atoms with van der Waals surface area (Å²) >= 11 is 0. The van der Waals surface area contributed by atoms with E-state index in [0.717, 1.165) is 11.5 Å². The molecule has 0 saturated heterocycles. The molecule has 0 radical (unpaired) electrons. The van der Waals surface area contributed by atoms with Crippen molar-refractivity contribution in [2.24, 2.45) is 17.8 Å². The summed E-state index contributed by atoms with van der Waals surface area (Å²) in [6, 6.07) is 7.37. The first-order valence-corrected chi connectivity index (χ1v) is 7.29. The summed E-state index contributed by atoms with van der Waals surface area (Å²) in [4.78, 5) is 10.7. The summed E-state index contributed by atoms with van der Waals surface area (Å²) in [6.45, 7) is 2.77. The van der Waals surface area contributed by atoms with Crippen LogP contribution in [-0.2, 0) is 6.54 Å². The molecule has 2 aliphatic rings. The Kier molecular flexibility index (Phi) is 3.57. The van der Waals surface area contributed by atoms with Gasteiger partial charge in [-0.25, -0.2) is 0 Å². The van der Waals surface area contributed by atoms with Gasteiger partial charge in [0.15, 0.2) is 0 Å². The van der Waals surface area contributed by atoms with Gasteiger partial charge >= 0.3 is 0 Å². The van der Waals surface area contributed by atoms with Crippen molar-refractivity contribution in [1.29, 1.82) is 0 Å². The third kappa shape index (κ3) is 2.48. The van der Waals surface area contributed by atoms with Gasteiger partial charge in [-0.15, -0.1) is 0 Å². The van der Waals surface area contributed by atoms with Gasteiger partial charge in [0.2, 0.25) is 0 Å². The van der Waals surface area contributed by atoms with Crippen LogP contribution in [0.25, 0.3) is 0 Å². The normalized spacial score (nSPS) is 28.8. The molecule has 1 aromatic rings. The van der Waals surface area contributed by atoms with E-state index in [1.807, 2.05) is 12.1 Å². The van der Waals surface area contributed by atoms with Gasteiger partial charge in [-0.3, -0.25) is 10.1 Å². The first kappa shape index (κ1) is 13.3. The molecule has 0 amide bonds. The zero-order chi connectivity index (χ0) is 14.1. The SMILES string of the molecule is CC(NCc1ccccc1[N+](=O)[O-])C1CC2C=CC1C2. The van der Waals surface area contributed by atoms with Gasteiger partial charge in [0, 0.05) is 24.2 Å². The molecule has 2 bridgehead atoms. The minimum atomic E-state index is -0.304. The smallest absolute Gasteiger partial charge is 0.273 e. The van der Waals surface area contributed by atoms with E-state index in [2.05, 4.69) is 24.4 Å². The lowest BCUT2D eigenvalue weighted by atomic mass is 9.87. The van der Waals surface area contributed by atoms with Crippen LogP contribution in [-0.4, -0.2) is 11.0 Å². The lowest BCUT2D eigenvalue weighted by Gasteiger charge is -2.26. The molecule has 1 N–H and O–H groups in total. The van der Waals surface area contributed by atoms with Crippen molar-refractivity contribution >= 4 is 5.69 Å². The fourth-order valence-electron chi connectivity index (χ4n) is 3.66. The van der Waals surface area contributed by atoms with E-state index in [0.29, 0.717) is 24.4 Å². The molecule has 106 valence electrons. The molecule has 0 heterocycles. The predicted octanol–water partition coefficient (Wildman–Crippen LogP) is 3.29. The van der Waals surface area contributed by atoms with Crippen LogP contribution in [0.1, 0.15) is 25.3 Å². The summed E-state index contributed by atoms with van der Waals surface area (Å²) in [5, 5.41) is 14.5. The summed E-state index contributed by atoms with van der Waals surface area (Å²) in [5.74, 6) is 2.14. The van der Waals surface area contributed by atoms with Crippen molar-refractivity contribution in [2.75, 3.05) is 0 Å². The van der Waals surface area contributed by atoms with Gasteiger partial charge < -0.3 is 5.32 Å². The molecular weight excluding hydrogens is 252 g/mol. The van der Waals surface area contributed by atoms with Crippen LogP contribution < -0.4 is 5.32 Å². The van der Waals surface area contributed by atoms with Crippen LogP contribution in [0.15, 0.2) is 36.4 Å². The van der Waals surface area contributed by atoms with Crippen molar-refractivity contribution in [3.05, 3.63) is 52.1 Å². The first-order chi connectivity index (χ1) is 9.65. The summed E-state index contributed by atoms with van der Waals surface area (Å²) in [5.41, 5.74) is 0.975. The van der Waals surface area contributed by atoms with E-state index in [4.69, 9.17) is 0 Å². The van der Waals surface area contributed by atoms with Crippen molar-refractivity contribution in [1.82, 2.24) is 5.32 Å². The highest BCUT2D eigenvalue weighted by atomic mass is 16.6. The van der Waals surface area contributed by atoms with Crippen molar-refractivity contribution in [3.8, 4) is 0 Å². The minimum Gasteiger partial charge on any atom is -0.310 e. The molecular formula is C16H20N2O2. The predicted molar refractivity (Wildman–Crippen MR) is 78.2 cm³/mol. The molecule has 0 spiro atoms. The maximum atomic E-state index is 11.0. The maximum Gasteiger partial charge on any atom is 0.273 e. The number of allylic oxidation sites excluding steroid dienone is 2. The largest absolute Gasteiger partial charge is 0.310 e. The van der Waals surface area contributed by atoms with Crippen LogP contribution in [0.4, 0.5) is 5.69 Å². The fourth-order valence-corrected chi connectivity index (χ4v) is 3.66. The quantitative estimate of drug-likeness (QED) is 0.508. The summed E-state index contributed by atoms with van der Waals surface area (Å²) < 4.78 is 0. The highest BCUT2D eigenvalue weighted by molar-refractivity contribution is 5.39. The number of nitrogens with zero attached hydrogens (tertiary/aromatic N) is 1. The lowest BCUT2D eigenvalue weighted by Crippen LogP contribution is -2.35. The monoisotopic (exact) mass is 272 g/mol. The molecule has 0 aromatic heterocycles. The van der Waals surface area contributed by atoms with Crippen molar-refractivity contribution in [2.45, 2.75) is 32.4 Å². The van der Waals surface area contributed by atoms with Gasteiger partial charge in [0.1, 0.15) is 0 Å². The van der Waals surface area contributed by atoms with Gasteiger partial charge in [0.05, 0.1) is 4.92 Å². The zero-order valence-electron chi connectivity index (χ0n) is 11.7. The standard InChI is InChI=1S/C16H20N2O2/c1-11(15-9-12-6-7-13(15)8-12)17-10-14-4-2-3-5-16(14)18(19)20/h2-7,11-13,15,17H,8-10H2,1H3. The van der Waals surface area contributed by atoms with E-state index >= 15 is 0 Å². The second kappa shape index (κ2) is 5.37. The summed E-state index contributed by atoms with van der Waals surface area (Å²) in [7, 11) is 0. The zero-order valence-corrected chi connectivity index (χ0v) is 11.7. The third-order valence-electron chi connectivity index (χ3n) is 4.78. The average molecular weight is 272 g/mol. The molecule has 3 rings (SSSR count). The van der Waals surface area contributed by atoms with Gasteiger partial charge in [-0.1, -0.05) is 30.4 Å². The van der Waals surface area contributed by atoms with Crippen LogP contribution in [0.3, 0.4) is 0 Å². The summed E-state index contributed by atoms with van der Waals surface area (Å²) in [6.07, 6.45) is 7.24. The van der Waals surface area contributed by atoms with Crippen LogP contribution in [0, 0.1) is 27.9 Å². The van der Waals surface area contributed by atoms with E-state index < -0.39 is 0 Å². The Morgan fingerprint density at radius 1 is 1.35 bits per heavy atom. The molecule has 0 aliphatic heterocycles. The second-order valence-corrected chi connectivity index (χ2v) is 6.00. The number of benzene rings is 1. The molecule has 2 aliphatic carbocycles. The third-order valence-corrected chi connectivity index (χ3v) is 4.78. The molecule has 20 heavy (non-hydrogen) atoms. The van der Waals surface area contributed by atoms with E-state index in [1.165, 1.54) is 12.8 Å². The molecule has 4 heteroatoms. The lowest BCUT2D eigenvalue weighted by molar-refractivity contribution is -0.385. The topological polar surface area (TPSA) is 55.2 Å². The molecule has 1 fully saturated rings.